The Morgan fingerprint density at radius 2 is 1.94 bits per heavy atom. The number of carbonyl (C=O) groups excluding carboxylic acids is 2. The summed E-state index contributed by atoms with van der Waals surface area (Å²) >= 11 is 0.646. The highest BCUT2D eigenvalue weighted by Crippen LogP contribution is 2.29. The number of aromatic nitrogens is 2. The predicted octanol–water partition coefficient (Wildman–Crippen LogP) is 1.37. The molecule has 0 atom stereocenters. The number of esters is 1. The van der Waals surface area contributed by atoms with E-state index in [1.165, 1.54) is 18.3 Å². The summed E-state index contributed by atoms with van der Waals surface area (Å²) in [6, 6.07) is 6.95. The first-order valence-corrected chi connectivity index (χ1v) is 10.6. The van der Waals surface area contributed by atoms with Crippen LogP contribution in [0.1, 0.15) is 10.4 Å². The summed E-state index contributed by atoms with van der Waals surface area (Å²) in [5.74, 6) is -1.80. The second-order valence-corrected chi connectivity index (χ2v) is 8.98. The van der Waals surface area contributed by atoms with Gasteiger partial charge in [0.2, 0.25) is 9.84 Å². The number of benzene rings is 1. The van der Waals surface area contributed by atoms with Crippen molar-refractivity contribution in [2.75, 3.05) is 11.9 Å². The van der Waals surface area contributed by atoms with Crippen molar-refractivity contribution in [1.29, 1.82) is 0 Å². The third-order valence-electron chi connectivity index (χ3n) is 3.73. The molecule has 14 heteroatoms. The number of hydrogen-bond acceptors (Lipinski definition) is 10. The third kappa shape index (κ3) is 4.99. The maximum absolute atomic E-state index is 12.6. The van der Waals surface area contributed by atoms with Gasteiger partial charge in [0.25, 0.3) is 17.2 Å². The number of nitrogens with one attached hydrogen (secondary N) is 2. The van der Waals surface area contributed by atoms with Crippen molar-refractivity contribution in [3.8, 4) is 0 Å². The van der Waals surface area contributed by atoms with Gasteiger partial charge in [0.05, 0.1) is 16.0 Å². The molecule has 12 nitrogen and oxygen atoms in total. The number of amides is 1. The average Bonchev–Trinajstić information content (AvgIpc) is 3.21. The number of anilines is 1. The van der Waals surface area contributed by atoms with Gasteiger partial charge in [-0.25, -0.2) is 18.2 Å². The van der Waals surface area contributed by atoms with Crippen molar-refractivity contribution in [2.45, 2.75) is 9.10 Å². The van der Waals surface area contributed by atoms with Crippen LogP contribution in [0.25, 0.3) is 0 Å². The van der Waals surface area contributed by atoms with E-state index in [4.69, 9.17) is 4.74 Å². The summed E-state index contributed by atoms with van der Waals surface area (Å²) in [7, 11) is -4.00. The van der Waals surface area contributed by atoms with Crippen LogP contribution in [0, 0.1) is 10.1 Å². The Kier molecular flexibility index (Phi) is 6.22. The van der Waals surface area contributed by atoms with E-state index in [1.54, 1.807) is 0 Å². The molecule has 3 aromatic rings. The minimum absolute atomic E-state index is 0.0703. The maximum atomic E-state index is 12.6. The lowest BCUT2D eigenvalue weighted by atomic mass is 10.3. The van der Waals surface area contributed by atoms with E-state index in [2.05, 4.69) is 15.3 Å². The normalized spacial score (nSPS) is 11.0. The van der Waals surface area contributed by atoms with Crippen LogP contribution in [0.3, 0.4) is 0 Å². The zero-order valence-corrected chi connectivity index (χ0v) is 16.9. The van der Waals surface area contributed by atoms with Crippen molar-refractivity contribution >= 4 is 43.9 Å². The molecule has 1 aromatic carbocycles. The van der Waals surface area contributed by atoms with Crippen molar-refractivity contribution in [1.82, 2.24) is 9.97 Å². The Balaban J connectivity index is 1.64. The number of carbonyl (C=O) groups is 2. The number of thiazole rings is 1. The van der Waals surface area contributed by atoms with Crippen molar-refractivity contribution in [3.05, 3.63) is 74.8 Å². The monoisotopic (exact) mass is 464 g/mol. The lowest BCUT2D eigenvalue weighted by molar-refractivity contribution is -0.384. The zero-order chi connectivity index (χ0) is 22.6. The van der Waals surface area contributed by atoms with Crippen LogP contribution in [0.15, 0.2) is 62.7 Å². The highest BCUT2D eigenvalue weighted by Gasteiger charge is 2.23. The predicted molar refractivity (Wildman–Crippen MR) is 107 cm³/mol. The Morgan fingerprint density at radius 1 is 1.23 bits per heavy atom. The Labute approximate surface area is 177 Å². The fourth-order valence-electron chi connectivity index (χ4n) is 2.25. The van der Waals surface area contributed by atoms with E-state index in [9.17, 15) is 32.9 Å². The summed E-state index contributed by atoms with van der Waals surface area (Å²) < 4.78 is 29.8. The molecular formula is C17H12N4O8S2. The molecule has 0 radical (unpaired) electrons. The lowest BCUT2D eigenvalue weighted by Gasteiger charge is -2.04. The molecule has 0 aliphatic carbocycles. The minimum Gasteiger partial charge on any atom is -0.452 e. The Bertz CT molecular complexity index is 1310. The zero-order valence-electron chi connectivity index (χ0n) is 15.3. The van der Waals surface area contributed by atoms with Gasteiger partial charge in [-0.05, 0) is 24.3 Å². The number of sulfone groups is 1. The number of non-ortho nitro benzene ring substituents is 1. The van der Waals surface area contributed by atoms with Gasteiger partial charge in [0, 0.05) is 18.3 Å². The number of ether oxygens (including phenoxy) is 1. The summed E-state index contributed by atoms with van der Waals surface area (Å²) in [5.41, 5.74) is -1.21. The number of aromatic amines is 1. The van der Waals surface area contributed by atoms with Crippen molar-refractivity contribution < 1.29 is 27.7 Å². The molecule has 2 N–H and O–H groups in total. The number of nitrogens with zero attached hydrogens (tertiary/aromatic N) is 2. The number of rotatable bonds is 7. The molecule has 0 fully saturated rings. The SMILES string of the molecule is O=C(COC(=O)c1ccc[nH]c1=O)Nc1ncc(S(=O)(=O)c2ccc([N+](=O)[O-])cc2)s1. The minimum atomic E-state index is -4.00. The molecule has 0 unspecified atom stereocenters. The lowest BCUT2D eigenvalue weighted by Crippen LogP contribution is -2.24. The molecule has 0 saturated carbocycles. The largest absolute Gasteiger partial charge is 0.452 e. The van der Waals surface area contributed by atoms with Gasteiger partial charge in [-0.3, -0.25) is 25.0 Å². The van der Waals surface area contributed by atoms with Crippen LogP contribution in [-0.4, -0.2) is 41.8 Å². The molecule has 2 heterocycles. The average molecular weight is 464 g/mol. The van der Waals surface area contributed by atoms with Crippen molar-refractivity contribution in [2.24, 2.45) is 0 Å². The van der Waals surface area contributed by atoms with E-state index >= 15 is 0 Å². The molecular weight excluding hydrogens is 452 g/mol. The van der Waals surface area contributed by atoms with Gasteiger partial charge in [-0.15, -0.1) is 0 Å². The molecule has 3 rings (SSSR count). The summed E-state index contributed by atoms with van der Waals surface area (Å²) in [6.07, 6.45) is 2.35. The van der Waals surface area contributed by atoms with Crippen molar-refractivity contribution in [3.63, 3.8) is 0 Å². The molecule has 0 aliphatic heterocycles. The first-order chi connectivity index (χ1) is 14.7. The first kappa shape index (κ1) is 21.8. The number of nitro groups is 1. The molecule has 31 heavy (non-hydrogen) atoms. The maximum Gasteiger partial charge on any atom is 0.344 e. The number of hydrogen-bond donors (Lipinski definition) is 2. The molecule has 160 valence electrons. The van der Waals surface area contributed by atoms with Crippen LogP contribution >= 0.6 is 11.3 Å². The van der Waals surface area contributed by atoms with Gasteiger partial charge in [-0.2, -0.15) is 0 Å². The second-order valence-electron chi connectivity index (χ2n) is 5.78. The molecule has 1 amide bonds. The summed E-state index contributed by atoms with van der Waals surface area (Å²) in [5, 5.41) is 12.9. The van der Waals surface area contributed by atoms with Gasteiger partial charge >= 0.3 is 5.97 Å². The molecule has 0 aliphatic rings. The molecule has 2 aromatic heterocycles. The quantitative estimate of drug-likeness (QED) is 0.297. The van der Waals surface area contributed by atoms with Crippen LogP contribution in [0.4, 0.5) is 10.8 Å². The second kappa shape index (κ2) is 8.85. The Morgan fingerprint density at radius 3 is 2.58 bits per heavy atom. The van der Waals surface area contributed by atoms with E-state index in [0.29, 0.717) is 11.3 Å². The van der Waals surface area contributed by atoms with E-state index in [-0.39, 0.29) is 25.5 Å². The summed E-state index contributed by atoms with van der Waals surface area (Å²) in [4.78, 5) is 51.2. The van der Waals surface area contributed by atoms with E-state index in [1.807, 2.05) is 0 Å². The highest BCUT2D eigenvalue weighted by molar-refractivity contribution is 7.93. The number of H-pyrrole nitrogens is 1. The van der Waals surface area contributed by atoms with Crippen LogP contribution in [-0.2, 0) is 19.4 Å². The highest BCUT2D eigenvalue weighted by atomic mass is 32.2. The third-order valence-corrected chi connectivity index (χ3v) is 6.87. The Hall–Kier alpha value is -3.91. The fourth-order valence-corrected chi connectivity index (χ4v) is 4.70. The molecule has 0 spiro atoms. The topological polar surface area (TPSA) is 178 Å². The van der Waals surface area contributed by atoms with Gasteiger partial charge in [0.15, 0.2) is 11.7 Å². The smallest absolute Gasteiger partial charge is 0.344 e. The van der Waals surface area contributed by atoms with Gasteiger partial charge in [-0.1, -0.05) is 11.3 Å². The summed E-state index contributed by atoms with van der Waals surface area (Å²) in [6.45, 7) is -0.725. The first-order valence-electron chi connectivity index (χ1n) is 8.28. The number of pyridine rings is 1. The van der Waals surface area contributed by atoms with Crippen LogP contribution in [0.5, 0.6) is 0 Å². The van der Waals surface area contributed by atoms with Crippen LogP contribution in [0.2, 0.25) is 0 Å². The van der Waals surface area contributed by atoms with Gasteiger partial charge in [0.1, 0.15) is 9.77 Å². The van der Waals surface area contributed by atoms with Crippen LogP contribution < -0.4 is 10.9 Å². The van der Waals surface area contributed by atoms with E-state index in [0.717, 1.165) is 30.5 Å². The molecule has 0 bridgehead atoms. The number of nitro benzene ring substituents is 1. The standard InChI is InChI=1S/C17H12N4O8S2/c22-13(9-29-16(24)12-2-1-7-18-15(12)23)20-17-19-8-14(30-17)31(27,28)11-5-3-10(4-6-11)21(25)26/h1-8H,9H2,(H,18,23)(H,19,20,22). The molecule has 0 saturated heterocycles. The fraction of sp³-hybridized carbons (Fsp3) is 0.0588. The van der Waals surface area contributed by atoms with Gasteiger partial charge < -0.3 is 9.72 Å². The van der Waals surface area contributed by atoms with E-state index < -0.39 is 38.8 Å².